The van der Waals surface area contributed by atoms with E-state index in [1.807, 2.05) is 11.8 Å². The highest BCUT2D eigenvalue weighted by Gasteiger charge is 2.28. The second-order valence-corrected chi connectivity index (χ2v) is 6.17. The summed E-state index contributed by atoms with van der Waals surface area (Å²) in [6.07, 6.45) is 1.53. The highest BCUT2D eigenvalue weighted by molar-refractivity contribution is 5.76. The molecule has 0 radical (unpaired) electrons. The number of nitrogens with zero attached hydrogens (tertiary/aromatic N) is 1. The standard InChI is InChI=1S/C17H26N2O/c1-4-17(20)19-10-15(9-16(18)11-19)14-7-5-13(6-8-14)12(2)3/h5-8,12,15-16H,4,9-11,18H2,1-3H3. The van der Waals surface area contributed by atoms with Crippen molar-refractivity contribution in [2.75, 3.05) is 13.1 Å². The predicted molar refractivity (Wildman–Crippen MR) is 82.7 cm³/mol. The van der Waals surface area contributed by atoms with Crippen LogP contribution in [0.1, 0.15) is 56.6 Å². The molecule has 2 unspecified atom stereocenters. The summed E-state index contributed by atoms with van der Waals surface area (Å²) in [5.41, 5.74) is 8.79. The van der Waals surface area contributed by atoms with Crippen LogP contribution in [0, 0.1) is 0 Å². The Morgan fingerprint density at radius 3 is 2.50 bits per heavy atom. The summed E-state index contributed by atoms with van der Waals surface area (Å²) in [6, 6.07) is 8.89. The van der Waals surface area contributed by atoms with Gasteiger partial charge in [-0.15, -0.1) is 0 Å². The van der Waals surface area contributed by atoms with E-state index in [4.69, 9.17) is 5.73 Å². The van der Waals surface area contributed by atoms with Crippen molar-refractivity contribution < 1.29 is 4.79 Å². The number of hydrogen-bond acceptors (Lipinski definition) is 2. The first-order valence-electron chi connectivity index (χ1n) is 7.64. The van der Waals surface area contributed by atoms with E-state index in [0.717, 1.165) is 13.0 Å². The van der Waals surface area contributed by atoms with Gasteiger partial charge in [-0.05, 0) is 23.5 Å². The van der Waals surface area contributed by atoms with Gasteiger partial charge >= 0.3 is 0 Å². The van der Waals surface area contributed by atoms with Gasteiger partial charge in [0.1, 0.15) is 0 Å². The molecular weight excluding hydrogens is 248 g/mol. The molecule has 0 aliphatic carbocycles. The van der Waals surface area contributed by atoms with Crippen molar-refractivity contribution in [1.29, 1.82) is 0 Å². The summed E-state index contributed by atoms with van der Waals surface area (Å²) in [4.78, 5) is 13.8. The fourth-order valence-corrected chi connectivity index (χ4v) is 2.96. The number of carbonyl (C=O) groups is 1. The third-order valence-corrected chi connectivity index (χ3v) is 4.21. The molecule has 3 nitrogen and oxygen atoms in total. The quantitative estimate of drug-likeness (QED) is 0.921. The number of piperidine rings is 1. The van der Waals surface area contributed by atoms with Crippen LogP contribution in [0.5, 0.6) is 0 Å². The van der Waals surface area contributed by atoms with E-state index in [9.17, 15) is 4.79 Å². The predicted octanol–water partition coefficient (Wildman–Crippen LogP) is 2.86. The molecule has 1 amide bonds. The van der Waals surface area contributed by atoms with E-state index in [2.05, 4.69) is 38.1 Å². The second-order valence-electron chi connectivity index (χ2n) is 6.17. The van der Waals surface area contributed by atoms with Gasteiger partial charge in [-0.25, -0.2) is 0 Å². The van der Waals surface area contributed by atoms with E-state index in [-0.39, 0.29) is 11.9 Å². The molecule has 0 saturated carbocycles. The Hall–Kier alpha value is -1.35. The number of nitrogens with two attached hydrogens (primary N) is 1. The summed E-state index contributed by atoms with van der Waals surface area (Å²) in [5.74, 6) is 1.13. The van der Waals surface area contributed by atoms with E-state index < -0.39 is 0 Å². The summed E-state index contributed by atoms with van der Waals surface area (Å²) in [7, 11) is 0. The molecular formula is C17H26N2O. The minimum absolute atomic E-state index is 0.0917. The van der Waals surface area contributed by atoms with Crippen LogP contribution >= 0.6 is 0 Å². The molecule has 0 bridgehead atoms. The van der Waals surface area contributed by atoms with Gasteiger partial charge in [-0.1, -0.05) is 45.0 Å². The average Bonchev–Trinajstić information content (AvgIpc) is 2.45. The van der Waals surface area contributed by atoms with Crippen LogP contribution in [0.3, 0.4) is 0 Å². The Bertz CT molecular complexity index is 453. The van der Waals surface area contributed by atoms with Crippen molar-refractivity contribution in [2.24, 2.45) is 5.73 Å². The van der Waals surface area contributed by atoms with E-state index in [0.29, 0.717) is 24.8 Å². The van der Waals surface area contributed by atoms with Crippen LogP contribution in [-0.4, -0.2) is 29.9 Å². The van der Waals surface area contributed by atoms with Gasteiger partial charge in [0, 0.05) is 31.5 Å². The van der Waals surface area contributed by atoms with E-state index >= 15 is 0 Å². The third-order valence-electron chi connectivity index (χ3n) is 4.21. The minimum Gasteiger partial charge on any atom is -0.341 e. The first-order chi connectivity index (χ1) is 9.51. The minimum atomic E-state index is 0.0917. The van der Waals surface area contributed by atoms with Crippen molar-refractivity contribution in [3.05, 3.63) is 35.4 Å². The van der Waals surface area contributed by atoms with Crippen LogP contribution in [0.4, 0.5) is 0 Å². The maximum absolute atomic E-state index is 11.9. The maximum atomic E-state index is 11.9. The van der Waals surface area contributed by atoms with Crippen molar-refractivity contribution >= 4 is 5.91 Å². The van der Waals surface area contributed by atoms with Gasteiger partial charge in [0.2, 0.25) is 5.91 Å². The Kier molecular flexibility index (Phi) is 4.81. The van der Waals surface area contributed by atoms with Gasteiger partial charge in [0.05, 0.1) is 0 Å². The molecule has 3 heteroatoms. The Labute approximate surface area is 122 Å². The van der Waals surface area contributed by atoms with Gasteiger partial charge in [-0.3, -0.25) is 4.79 Å². The number of rotatable bonds is 3. The molecule has 2 N–H and O–H groups in total. The monoisotopic (exact) mass is 274 g/mol. The summed E-state index contributed by atoms with van der Waals surface area (Å²) >= 11 is 0. The topological polar surface area (TPSA) is 46.3 Å². The van der Waals surface area contributed by atoms with Crippen LogP contribution < -0.4 is 5.73 Å². The third kappa shape index (κ3) is 3.40. The van der Waals surface area contributed by atoms with E-state index in [1.165, 1.54) is 11.1 Å². The first-order valence-corrected chi connectivity index (χ1v) is 7.64. The number of benzene rings is 1. The van der Waals surface area contributed by atoms with Crippen LogP contribution in [0.15, 0.2) is 24.3 Å². The summed E-state index contributed by atoms with van der Waals surface area (Å²) in [6.45, 7) is 7.82. The Morgan fingerprint density at radius 2 is 1.95 bits per heavy atom. The number of hydrogen-bond donors (Lipinski definition) is 1. The van der Waals surface area contributed by atoms with Crippen LogP contribution in [0.25, 0.3) is 0 Å². The molecule has 1 fully saturated rings. The molecule has 1 aliphatic heterocycles. The Morgan fingerprint density at radius 1 is 1.30 bits per heavy atom. The SMILES string of the molecule is CCC(=O)N1CC(N)CC(c2ccc(C(C)C)cc2)C1. The fourth-order valence-electron chi connectivity index (χ4n) is 2.96. The smallest absolute Gasteiger partial charge is 0.222 e. The zero-order valence-electron chi connectivity index (χ0n) is 12.8. The van der Waals surface area contributed by atoms with Crippen molar-refractivity contribution in [2.45, 2.75) is 51.5 Å². The lowest BCUT2D eigenvalue weighted by Crippen LogP contribution is -2.48. The second kappa shape index (κ2) is 6.40. The molecule has 1 aromatic carbocycles. The molecule has 2 atom stereocenters. The van der Waals surface area contributed by atoms with Crippen LogP contribution in [0.2, 0.25) is 0 Å². The molecule has 20 heavy (non-hydrogen) atoms. The lowest BCUT2D eigenvalue weighted by atomic mass is 9.87. The largest absolute Gasteiger partial charge is 0.341 e. The summed E-state index contributed by atoms with van der Waals surface area (Å²) < 4.78 is 0. The normalized spacial score (nSPS) is 23.1. The van der Waals surface area contributed by atoms with Crippen molar-refractivity contribution in [1.82, 2.24) is 4.90 Å². The maximum Gasteiger partial charge on any atom is 0.222 e. The Balaban J connectivity index is 2.12. The zero-order chi connectivity index (χ0) is 14.7. The zero-order valence-corrected chi connectivity index (χ0v) is 12.8. The summed E-state index contributed by atoms with van der Waals surface area (Å²) in [5, 5.41) is 0. The molecule has 1 saturated heterocycles. The van der Waals surface area contributed by atoms with Gasteiger partial charge in [-0.2, -0.15) is 0 Å². The molecule has 0 aromatic heterocycles. The molecule has 1 aromatic rings. The molecule has 0 spiro atoms. The first kappa shape index (κ1) is 15.0. The van der Waals surface area contributed by atoms with E-state index in [1.54, 1.807) is 0 Å². The number of carbonyl (C=O) groups excluding carboxylic acids is 1. The molecule has 110 valence electrons. The molecule has 2 rings (SSSR count). The van der Waals surface area contributed by atoms with Crippen molar-refractivity contribution in [3.63, 3.8) is 0 Å². The van der Waals surface area contributed by atoms with Gasteiger partial charge < -0.3 is 10.6 Å². The highest BCUT2D eigenvalue weighted by Crippen LogP contribution is 2.28. The van der Waals surface area contributed by atoms with Gasteiger partial charge in [0.25, 0.3) is 0 Å². The molecule has 1 heterocycles. The lowest BCUT2D eigenvalue weighted by molar-refractivity contribution is -0.132. The molecule has 1 aliphatic rings. The lowest BCUT2D eigenvalue weighted by Gasteiger charge is -2.36. The average molecular weight is 274 g/mol. The number of likely N-dealkylation sites (tertiary alicyclic amines) is 1. The van der Waals surface area contributed by atoms with Crippen LogP contribution in [-0.2, 0) is 4.79 Å². The fraction of sp³-hybridized carbons (Fsp3) is 0.588. The highest BCUT2D eigenvalue weighted by atomic mass is 16.2. The van der Waals surface area contributed by atoms with Crippen molar-refractivity contribution in [3.8, 4) is 0 Å². The van der Waals surface area contributed by atoms with Gasteiger partial charge in [0.15, 0.2) is 0 Å². The number of amides is 1.